The first-order valence-electron chi connectivity index (χ1n) is 6.80. The average Bonchev–Trinajstić information content (AvgIpc) is 2.55. The second-order valence-electron chi connectivity index (χ2n) is 4.65. The summed E-state index contributed by atoms with van der Waals surface area (Å²) >= 11 is 0. The molecule has 3 aromatic rings. The van der Waals surface area contributed by atoms with E-state index in [2.05, 4.69) is 32.3 Å². The number of pyridine rings is 1. The number of benzene rings is 1. The highest BCUT2D eigenvalue weighted by Crippen LogP contribution is 2.33. The van der Waals surface area contributed by atoms with E-state index < -0.39 is 0 Å². The first-order valence-corrected chi connectivity index (χ1v) is 6.80. The molecule has 1 aromatic carbocycles. The first kappa shape index (κ1) is 13.8. The third-order valence-corrected chi connectivity index (χ3v) is 3.30. The van der Waals surface area contributed by atoms with E-state index in [1.807, 2.05) is 18.2 Å². The molecule has 5 nitrogen and oxygen atoms in total. The minimum Gasteiger partial charge on any atom is -0.507 e. The fourth-order valence-corrected chi connectivity index (χ4v) is 2.31. The molecule has 0 fully saturated rings. The van der Waals surface area contributed by atoms with E-state index in [0.29, 0.717) is 22.6 Å². The molecule has 0 unspecified atom stereocenters. The van der Waals surface area contributed by atoms with Crippen molar-refractivity contribution in [2.24, 2.45) is 0 Å². The van der Waals surface area contributed by atoms with Gasteiger partial charge in [0.2, 0.25) is 0 Å². The normalized spacial score (nSPS) is 10.1. The Hall–Kier alpha value is -3.13. The van der Waals surface area contributed by atoms with Crippen LogP contribution in [0.25, 0.3) is 22.2 Å². The van der Waals surface area contributed by atoms with Gasteiger partial charge in [0.15, 0.2) is 5.82 Å². The van der Waals surface area contributed by atoms with Crippen molar-refractivity contribution in [2.75, 3.05) is 12.4 Å². The molecule has 0 aliphatic rings. The Labute approximate surface area is 128 Å². The topological polar surface area (TPSA) is 70.9 Å². The quantitative estimate of drug-likeness (QED) is 0.710. The molecule has 2 aromatic heterocycles. The van der Waals surface area contributed by atoms with E-state index in [9.17, 15) is 5.11 Å². The first-order chi connectivity index (χ1) is 10.7. The van der Waals surface area contributed by atoms with Gasteiger partial charge in [-0.2, -0.15) is 0 Å². The van der Waals surface area contributed by atoms with Gasteiger partial charge < -0.3 is 10.4 Å². The number of anilines is 1. The van der Waals surface area contributed by atoms with Gasteiger partial charge in [-0.15, -0.1) is 16.1 Å². The smallest absolute Gasteiger partial charge is 0.175 e. The second-order valence-corrected chi connectivity index (χ2v) is 4.65. The minimum absolute atomic E-state index is 0.122. The fourth-order valence-electron chi connectivity index (χ4n) is 2.31. The summed E-state index contributed by atoms with van der Waals surface area (Å²) in [5, 5.41) is 22.5. The number of nitrogens with zero attached hydrogens (tertiary/aromatic N) is 3. The Morgan fingerprint density at radius 2 is 2.05 bits per heavy atom. The predicted molar refractivity (Wildman–Crippen MR) is 86.5 cm³/mol. The summed E-state index contributed by atoms with van der Waals surface area (Å²) in [6.45, 7) is 1.76. The standard InChI is InChI=1S/C17H14N4O/c1-3-5-11-7-8-12(14(22)10-11)15-13-6-4-9-19-16(13)17(18-2)21-20-15/h4,6-10,22H,1-2H3,(H,18,21). The Kier molecular flexibility index (Phi) is 3.58. The predicted octanol–water partition coefficient (Wildman–Crippen LogP) is 2.81. The van der Waals surface area contributed by atoms with E-state index in [1.54, 1.807) is 32.3 Å². The number of nitrogens with one attached hydrogen (secondary N) is 1. The zero-order valence-corrected chi connectivity index (χ0v) is 12.3. The van der Waals surface area contributed by atoms with E-state index in [4.69, 9.17) is 0 Å². The number of phenols is 1. The van der Waals surface area contributed by atoms with Crippen LogP contribution in [0.2, 0.25) is 0 Å². The van der Waals surface area contributed by atoms with Gasteiger partial charge in [0, 0.05) is 29.8 Å². The van der Waals surface area contributed by atoms with E-state index in [-0.39, 0.29) is 5.75 Å². The van der Waals surface area contributed by atoms with Gasteiger partial charge in [-0.3, -0.25) is 4.98 Å². The van der Waals surface area contributed by atoms with Crippen molar-refractivity contribution in [3.05, 3.63) is 42.1 Å². The van der Waals surface area contributed by atoms with Crippen molar-refractivity contribution in [1.82, 2.24) is 15.2 Å². The van der Waals surface area contributed by atoms with Crippen molar-refractivity contribution in [3.63, 3.8) is 0 Å². The van der Waals surface area contributed by atoms with Gasteiger partial charge >= 0.3 is 0 Å². The summed E-state index contributed by atoms with van der Waals surface area (Å²) in [6, 6.07) is 9.01. The van der Waals surface area contributed by atoms with E-state index in [0.717, 1.165) is 10.9 Å². The SMILES string of the molecule is CC#Cc1ccc(-c2nnc(NC)c3ncccc23)c(O)c1. The Balaban J connectivity index is 2.24. The summed E-state index contributed by atoms with van der Waals surface area (Å²) in [7, 11) is 1.77. The molecule has 0 radical (unpaired) electrons. The summed E-state index contributed by atoms with van der Waals surface area (Å²) < 4.78 is 0. The summed E-state index contributed by atoms with van der Waals surface area (Å²) in [4.78, 5) is 4.35. The van der Waals surface area contributed by atoms with Crippen LogP contribution in [0, 0.1) is 11.8 Å². The third kappa shape index (κ3) is 2.31. The fraction of sp³-hybridized carbons (Fsp3) is 0.118. The van der Waals surface area contributed by atoms with Crippen molar-refractivity contribution in [2.45, 2.75) is 6.92 Å². The summed E-state index contributed by atoms with van der Waals surface area (Å²) in [6.07, 6.45) is 1.70. The molecular formula is C17H14N4O. The van der Waals surface area contributed by atoms with Crippen LogP contribution in [-0.2, 0) is 0 Å². The summed E-state index contributed by atoms with van der Waals surface area (Å²) in [5.41, 5.74) is 2.67. The maximum Gasteiger partial charge on any atom is 0.175 e. The van der Waals surface area contributed by atoms with Crippen LogP contribution in [0.3, 0.4) is 0 Å². The zero-order chi connectivity index (χ0) is 15.5. The van der Waals surface area contributed by atoms with Gasteiger partial charge in [-0.1, -0.05) is 5.92 Å². The average molecular weight is 290 g/mol. The molecular weight excluding hydrogens is 276 g/mol. The van der Waals surface area contributed by atoms with Crippen LogP contribution in [0.15, 0.2) is 36.5 Å². The molecule has 0 saturated carbocycles. The maximum absolute atomic E-state index is 10.3. The Morgan fingerprint density at radius 3 is 2.77 bits per heavy atom. The van der Waals surface area contributed by atoms with Gasteiger partial charge in [0.25, 0.3) is 0 Å². The number of aromatic nitrogens is 3. The molecule has 0 spiro atoms. The number of hydrogen-bond acceptors (Lipinski definition) is 5. The minimum atomic E-state index is 0.122. The molecule has 0 amide bonds. The Bertz CT molecular complexity index is 909. The summed E-state index contributed by atoms with van der Waals surface area (Å²) in [5.74, 6) is 6.45. The molecule has 0 bridgehead atoms. The van der Waals surface area contributed by atoms with Gasteiger partial charge in [-0.25, -0.2) is 0 Å². The zero-order valence-electron chi connectivity index (χ0n) is 12.3. The number of fused-ring (bicyclic) bond motifs is 1. The van der Waals surface area contributed by atoms with Crippen LogP contribution in [0.1, 0.15) is 12.5 Å². The highest BCUT2D eigenvalue weighted by atomic mass is 16.3. The van der Waals surface area contributed by atoms with Crippen molar-refractivity contribution in [1.29, 1.82) is 0 Å². The van der Waals surface area contributed by atoms with E-state index >= 15 is 0 Å². The van der Waals surface area contributed by atoms with E-state index in [1.165, 1.54) is 0 Å². The molecule has 0 saturated heterocycles. The maximum atomic E-state index is 10.3. The molecule has 0 atom stereocenters. The van der Waals surface area contributed by atoms with Crippen LogP contribution < -0.4 is 5.32 Å². The largest absolute Gasteiger partial charge is 0.507 e. The lowest BCUT2D eigenvalue weighted by Crippen LogP contribution is -2.00. The molecule has 0 aliphatic heterocycles. The third-order valence-electron chi connectivity index (χ3n) is 3.30. The lowest BCUT2D eigenvalue weighted by Gasteiger charge is -2.09. The van der Waals surface area contributed by atoms with Gasteiger partial charge in [0.1, 0.15) is 17.0 Å². The molecule has 2 heterocycles. The molecule has 22 heavy (non-hydrogen) atoms. The second kappa shape index (κ2) is 5.70. The lowest BCUT2D eigenvalue weighted by molar-refractivity contribution is 0.477. The van der Waals surface area contributed by atoms with Crippen molar-refractivity contribution >= 4 is 16.7 Å². The molecule has 108 valence electrons. The highest BCUT2D eigenvalue weighted by Gasteiger charge is 2.14. The molecule has 2 N–H and O–H groups in total. The highest BCUT2D eigenvalue weighted by molar-refractivity contribution is 5.98. The number of rotatable bonds is 2. The van der Waals surface area contributed by atoms with Crippen molar-refractivity contribution in [3.8, 4) is 28.8 Å². The van der Waals surface area contributed by atoms with Crippen molar-refractivity contribution < 1.29 is 5.11 Å². The molecule has 5 heteroatoms. The van der Waals surface area contributed by atoms with Gasteiger partial charge in [0.05, 0.1) is 0 Å². The lowest BCUT2D eigenvalue weighted by atomic mass is 10.0. The monoisotopic (exact) mass is 290 g/mol. The van der Waals surface area contributed by atoms with Gasteiger partial charge in [-0.05, 0) is 37.3 Å². The number of aromatic hydroxyl groups is 1. The number of hydrogen-bond donors (Lipinski definition) is 2. The Morgan fingerprint density at radius 1 is 1.18 bits per heavy atom. The van der Waals surface area contributed by atoms with Crippen LogP contribution in [0.5, 0.6) is 5.75 Å². The van der Waals surface area contributed by atoms with Crippen LogP contribution in [-0.4, -0.2) is 27.3 Å². The van der Waals surface area contributed by atoms with Crippen LogP contribution in [0.4, 0.5) is 5.82 Å². The van der Waals surface area contributed by atoms with Crippen LogP contribution >= 0.6 is 0 Å². The number of phenolic OH excluding ortho intramolecular Hbond substituents is 1. The molecule has 3 rings (SSSR count). The molecule has 0 aliphatic carbocycles.